The molecule has 0 heterocycles. The lowest BCUT2D eigenvalue weighted by Crippen LogP contribution is -2.29. The van der Waals surface area contributed by atoms with Crippen LogP contribution in [0, 0.1) is 0 Å². The van der Waals surface area contributed by atoms with Crippen LogP contribution in [0.3, 0.4) is 0 Å². The molecule has 9 N–H and O–H groups in total. The second-order valence-electron chi connectivity index (χ2n) is 3.01. The Bertz CT molecular complexity index is 75.5. The smallest absolute Gasteiger partial charge is 0.0520 e. The molecule has 0 aliphatic carbocycles. The Labute approximate surface area is 75.4 Å². The van der Waals surface area contributed by atoms with Gasteiger partial charge in [0.2, 0.25) is 0 Å². The lowest BCUT2D eigenvalue weighted by atomic mass is 10.1. The fourth-order valence-corrected chi connectivity index (χ4v) is 1.05. The van der Waals surface area contributed by atoms with Crippen LogP contribution in [0.1, 0.15) is 38.5 Å². The summed E-state index contributed by atoms with van der Waals surface area (Å²) in [6, 6.07) is 0. The van der Waals surface area contributed by atoms with Gasteiger partial charge >= 0.3 is 0 Å². The van der Waals surface area contributed by atoms with Crippen LogP contribution in [-0.4, -0.2) is 12.7 Å². The van der Waals surface area contributed by atoms with Crippen LogP contribution in [0.25, 0.3) is 0 Å². The summed E-state index contributed by atoms with van der Waals surface area (Å²) in [5.41, 5.74) is 16.1. The van der Waals surface area contributed by atoms with E-state index in [0.29, 0.717) is 0 Å². The van der Waals surface area contributed by atoms with Crippen molar-refractivity contribution in [1.29, 1.82) is 0 Å². The summed E-state index contributed by atoms with van der Waals surface area (Å²) >= 11 is 0. The van der Waals surface area contributed by atoms with Crippen molar-refractivity contribution in [3.05, 3.63) is 0 Å². The van der Waals surface area contributed by atoms with E-state index < -0.39 is 0 Å². The van der Waals surface area contributed by atoms with Crippen molar-refractivity contribution in [1.82, 2.24) is 6.15 Å². The third-order valence-electron chi connectivity index (χ3n) is 1.74. The fraction of sp³-hybridized carbons (Fsp3) is 1.00. The average molecular weight is 176 g/mol. The van der Waals surface area contributed by atoms with Gasteiger partial charge in [0.1, 0.15) is 0 Å². The molecule has 0 atom stereocenters. The molecule has 0 aliphatic rings. The Balaban J connectivity index is 0. The van der Waals surface area contributed by atoms with Crippen LogP contribution < -0.4 is 23.4 Å². The van der Waals surface area contributed by atoms with E-state index >= 15 is 0 Å². The molecular weight excluding hydrogens is 152 g/mol. The largest absolute Gasteiger partial charge is 0.344 e. The monoisotopic (exact) mass is 176 g/mol. The van der Waals surface area contributed by atoms with Crippen molar-refractivity contribution in [3.63, 3.8) is 0 Å². The molecule has 0 aromatic rings. The van der Waals surface area contributed by atoms with Gasteiger partial charge in [-0.2, -0.15) is 0 Å². The van der Waals surface area contributed by atoms with E-state index in [9.17, 15) is 0 Å². The zero-order chi connectivity index (χ0) is 8.53. The van der Waals surface area contributed by atoms with Crippen LogP contribution in [-0.2, 0) is 0 Å². The van der Waals surface area contributed by atoms with Crippen molar-refractivity contribution in [3.8, 4) is 0 Å². The van der Waals surface area contributed by atoms with Gasteiger partial charge in [-0.15, -0.1) is 0 Å². The highest BCUT2D eigenvalue weighted by atomic mass is 14.8. The van der Waals surface area contributed by atoms with Crippen molar-refractivity contribution in [2.45, 2.75) is 44.7 Å². The molecule has 0 unspecified atom stereocenters. The molecule has 0 aromatic carbocycles. The first kappa shape index (κ1) is 14.4. The van der Waals surface area contributed by atoms with Gasteiger partial charge in [-0.3, -0.25) is 0 Å². The molecule has 0 bridgehead atoms. The molecule has 12 heavy (non-hydrogen) atoms. The van der Waals surface area contributed by atoms with Gasteiger partial charge < -0.3 is 23.4 Å². The third kappa shape index (κ3) is 12.5. The number of hydrogen-bond acceptors (Lipinski definition) is 4. The minimum absolute atomic E-state index is 0. The third-order valence-corrected chi connectivity index (χ3v) is 1.74. The van der Waals surface area contributed by atoms with E-state index in [2.05, 4.69) is 0 Å². The standard InChI is InChI=1S/C8H21N3.H3N/c9-7-5-3-1-2-4-6-8(10)11;/h8H,1-7,9-11H2;1H3. The van der Waals surface area contributed by atoms with Crippen molar-refractivity contribution >= 4 is 0 Å². The SMILES string of the molecule is N.NCCCCCCCC(N)N. The molecule has 0 aliphatic heterocycles. The van der Waals surface area contributed by atoms with Gasteiger partial charge in [0.25, 0.3) is 0 Å². The van der Waals surface area contributed by atoms with Gasteiger partial charge in [-0.25, -0.2) is 0 Å². The molecule has 4 heteroatoms. The van der Waals surface area contributed by atoms with Crippen LogP contribution in [0.2, 0.25) is 0 Å². The van der Waals surface area contributed by atoms with E-state index in [-0.39, 0.29) is 12.3 Å². The first-order valence-corrected chi connectivity index (χ1v) is 4.48. The highest BCUT2D eigenvalue weighted by Crippen LogP contribution is 2.04. The number of nitrogens with two attached hydrogens (primary N) is 3. The highest BCUT2D eigenvalue weighted by Gasteiger charge is 1.93. The quantitative estimate of drug-likeness (QED) is 0.337. The lowest BCUT2D eigenvalue weighted by Gasteiger charge is -2.03. The molecule has 0 spiro atoms. The minimum Gasteiger partial charge on any atom is -0.344 e. The summed E-state index contributed by atoms with van der Waals surface area (Å²) in [7, 11) is 0. The zero-order valence-corrected chi connectivity index (χ0v) is 7.97. The van der Waals surface area contributed by atoms with E-state index in [1.807, 2.05) is 0 Å². The summed E-state index contributed by atoms with van der Waals surface area (Å²) in [5, 5.41) is 0. The van der Waals surface area contributed by atoms with Gasteiger partial charge in [0.15, 0.2) is 0 Å². The molecule has 76 valence electrons. The van der Waals surface area contributed by atoms with Gasteiger partial charge in [0.05, 0.1) is 6.17 Å². The molecule has 0 saturated carbocycles. The number of unbranched alkanes of at least 4 members (excludes halogenated alkanes) is 4. The van der Waals surface area contributed by atoms with Crippen LogP contribution in [0.5, 0.6) is 0 Å². The molecule has 4 nitrogen and oxygen atoms in total. The topological polar surface area (TPSA) is 113 Å². The van der Waals surface area contributed by atoms with E-state index in [0.717, 1.165) is 25.8 Å². The maximum absolute atomic E-state index is 5.39. The summed E-state index contributed by atoms with van der Waals surface area (Å²) in [4.78, 5) is 0. The molecular formula is C8H24N4. The normalized spacial score (nSPS) is 10.0. The van der Waals surface area contributed by atoms with Gasteiger partial charge in [-0.1, -0.05) is 25.7 Å². The summed E-state index contributed by atoms with van der Waals surface area (Å²) in [6.45, 7) is 0.816. The first-order valence-electron chi connectivity index (χ1n) is 4.48. The van der Waals surface area contributed by atoms with Crippen molar-refractivity contribution in [2.75, 3.05) is 6.54 Å². The Kier molecular flexibility index (Phi) is 13.0. The highest BCUT2D eigenvalue weighted by molar-refractivity contribution is 4.51. The van der Waals surface area contributed by atoms with Crippen LogP contribution in [0.4, 0.5) is 0 Å². The maximum atomic E-state index is 5.39. The fourth-order valence-electron chi connectivity index (χ4n) is 1.05. The van der Waals surface area contributed by atoms with Crippen molar-refractivity contribution < 1.29 is 0 Å². The van der Waals surface area contributed by atoms with E-state index in [1.54, 1.807) is 0 Å². The predicted octanol–water partition coefficient (Wildman–Crippen LogP) is 0.691. The summed E-state index contributed by atoms with van der Waals surface area (Å²) < 4.78 is 0. The molecule has 0 aromatic heterocycles. The average Bonchev–Trinajstić information content (AvgIpc) is 1.96. The second-order valence-corrected chi connectivity index (χ2v) is 3.01. The van der Waals surface area contributed by atoms with Crippen molar-refractivity contribution in [2.24, 2.45) is 17.2 Å². The number of rotatable bonds is 7. The minimum atomic E-state index is -0.121. The predicted molar refractivity (Wildman–Crippen MR) is 53.9 cm³/mol. The molecule has 0 fully saturated rings. The molecule has 0 saturated heterocycles. The molecule has 0 amide bonds. The lowest BCUT2D eigenvalue weighted by molar-refractivity contribution is 0.547. The van der Waals surface area contributed by atoms with Crippen LogP contribution in [0.15, 0.2) is 0 Å². The van der Waals surface area contributed by atoms with Gasteiger partial charge in [-0.05, 0) is 19.4 Å². The van der Waals surface area contributed by atoms with Gasteiger partial charge in [0, 0.05) is 0 Å². The Morgan fingerprint density at radius 1 is 0.833 bits per heavy atom. The second kappa shape index (κ2) is 10.8. The number of hydrogen-bond donors (Lipinski definition) is 4. The van der Waals surface area contributed by atoms with Crippen LogP contribution >= 0.6 is 0 Å². The Morgan fingerprint density at radius 3 is 1.83 bits per heavy atom. The first-order chi connectivity index (χ1) is 5.27. The zero-order valence-electron chi connectivity index (χ0n) is 7.97. The van der Waals surface area contributed by atoms with E-state index in [1.165, 1.54) is 19.3 Å². The summed E-state index contributed by atoms with van der Waals surface area (Å²) in [6.07, 6.45) is 6.88. The molecule has 0 radical (unpaired) electrons. The summed E-state index contributed by atoms with van der Waals surface area (Å²) in [5.74, 6) is 0. The molecule has 0 rings (SSSR count). The Hall–Kier alpha value is -0.160. The van der Waals surface area contributed by atoms with E-state index in [4.69, 9.17) is 17.2 Å². The maximum Gasteiger partial charge on any atom is 0.0520 e. The Morgan fingerprint density at radius 2 is 1.33 bits per heavy atom.